The summed E-state index contributed by atoms with van der Waals surface area (Å²) in [5, 5.41) is 12.1. The van der Waals surface area contributed by atoms with Crippen LogP contribution in [0, 0.1) is 12.8 Å². The van der Waals surface area contributed by atoms with Gasteiger partial charge in [0.15, 0.2) is 0 Å². The molecule has 2 rings (SSSR count). The van der Waals surface area contributed by atoms with Crippen LogP contribution in [0.4, 0.5) is 0 Å². The predicted molar refractivity (Wildman–Crippen MR) is 62.4 cm³/mol. The van der Waals surface area contributed by atoms with Gasteiger partial charge < -0.3 is 10.4 Å². The van der Waals surface area contributed by atoms with Crippen LogP contribution in [-0.4, -0.2) is 23.7 Å². The smallest absolute Gasteiger partial charge is 0.320 e. The Morgan fingerprint density at radius 1 is 1.50 bits per heavy atom. The van der Waals surface area contributed by atoms with Gasteiger partial charge in [0.25, 0.3) is 0 Å². The summed E-state index contributed by atoms with van der Waals surface area (Å²) in [6.07, 6.45) is 1.81. The van der Waals surface area contributed by atoms with E-state index in [1.165, 1.54) is 11.1 Å². The molecule has 0 spiro atoms. The van der Waals surface area contributed by atoms with Gasteiger partial charge in [-0.05, 0) is 43.4 Å². The van der Waals surface area contributed by atoms with E-state index in [0.717, 1.165) is 19.4 Å². The quantitative estimate of drug-likeness (QED) is 0.811. The molecule has 0 amide bonds. The first-order chi connectivity index (χ1) is 7.68. The average Bonchev–Trinajstić information content (AvgIpc) is 2.69. The summed E-state index contributed by atoms with van der Waals surface area (Å²) in [7, 11) is 0. The van der Waals surface area contributed by atoms with Crippen molar-refractivity contribution in [2.75, 3.05) is 6.54 Å². The van der Waals surface area contributed by atoms with Gasteiger partial charge in [-0.3, -0.25) is 4.79 Å². The molecular formula is C13H17NO2. The lowest BCUT2D eigenvalue weighted by Gasteiger charge is -2.16. The molecule has 1 unspecified atom stereocenters. The van der Waals surface area contributed by atoms with Crippen LogP contribution in [0.15, 0.2) is 24.3 Å². The van der Waals surface area contributed by atoms with E-state index in [1.807, 2.05) is 12.1 Å². The number of nitrogens with one attached hydrogen (secondary N) is 1. The fraction of sp³-hybridized carbons (Fsp3) is 0.462. The largest absolute Gasteiger partial charge is 0.480 e. The van der Waals surface area contributed by atoms with Crippen LogP contribution in [0.25, 0.3) is 0 Å². The molecule has 1 aromatic carbocycles. The Morgan fingerprint density at radius 3 is 2.94 bits per heavy atom. The van der Waals surface area contributed by atoms with E-state index in [2.05, 4.69) is 24.4 Å². The Bertz CT molecular complexity index is 389. The highest BCUT2D eigenvalue weighted by molar-refractivity contribution is 5.74. The van der Waals surface area contributed by atoms with Crippen LogP contribution >= 0.6 is 0 Å². The first-order valence-electron chi connectivity index (χ1n) is 5.69. The van der Waals surface area contributed by atoms with Crippen molar-refractivity contribution in [2.45, 2.75) is 25.8 Å². The third kappa shape index (κ3) is 2.25. The Balaban J connectivity index is 2.10. The van der Waals surface area contributed by atoms with E-state index in [9.17, 15) is 4.79 Å². The topological polar surface area (TPSA) is 49.3 Å². The molecule has 0 saturated carbocycles. The van der Waals surface area contributed by atoms with Gasteiger partial charge in [-0.25, -0.2) is 0 Å². The molecule has 0 radical (unpaired) electrons. The third-order valence-electron chi connectivity index (χ3n) is 3.36. The van der Waals surface area contributed by atoms with E-state index in [1.54, 1.807) is 0 Å². The van der Waals surface area contributed by atoms with Crippen molar-refractivity contribution in [1.29, 1.82) is 0 Å². The Hall–Kier alpha value is -1.35. The van der Waals surface area contributed by atoms with Crippen molar-refractivity contribution in [1.82, 2.24) is 5.32 Å². The molecule has 1 aliphatic rings. The summed E-state index contributed by atoms with van der Waals surface area (Å²) in [6, 6.07) is 7.82. The molecule has 2 N–H and O–H groups in total. The summed E-state index contributed by atoms with van der Waals surface area (Å²) >= 11 is 0. The highest BCUT2D eigenvalue weighted by Crippen LogP contribution is 2.22. The van der Waals surface area contributed by atoms with Crippen LogP contribution < -0.4 is 5.32 Å². The van der Waals surface area contributed by atoms with Gasteiger partial charge in [0, 0.05) is 0 Å². The lowest BCUT2D eigenvalue weighted by Crippen LogP contribution is -2.36. The molecule has 1 aliphatic heterocycles. The zero-order valence-electron chi connectivity index (χ0n) is 9.44. The lowest BCUT2D eigenvalue weighted by atomic mass is 9.91. The molecular weight excluding hydrogens is 202 g/mol. The first kappa shape index (κ1) is 11.1. The average molecular weight is 219 g/mol. The molecule has 2 atom stereocenters. The number of carboxylic acid groups (broad SMARTS) is 1. The molecule has 16 heavy (non-hydrogen) atoms. The molecule has 1 saturated heterocycles. The van der Waals surface area contributed by atoms with E-state index < -0.39 is 5.97 Å². The maximum Gasteiger partial charge on any atom is 0.320 e. The molecule has 1 fully saturated rings. The lowest BCUT2D eigenvalue weighted by molar-refractivity contribution is -0.140. The van der Waals surface area contributed by atoms with Gasteiger partial charge in [-0.1, -0.05) is 24.3 Å². The van der Waals surface area contributed by atoms with Crippen LogP contribution in [-0.2, 0) is 11.2 Å². The van der Waals surface area contributed by atoms with Crippen molar-refractivity contribution >= 4 is 5.97 Å². The van der Waals surface area contributed by atoms with Crippen LogP contribution in [0.2, 0.25) is 0 Å². The Morgan fingerprint density at radius 2 is 2.25 bits per heavy atom. The van der Waals surface area contributed by atoms with Crippen molar-refractivity contribution < 1.29 is 9.90 Å². The number of carboxylic acids is 1. The van der Waals surface area contributed by atoms with Gasteiger partial charge in [0.05, 0.1) is 0 Å². The number of carbonyl (C=O) groups is 1. The van der Waals surface area contributed by atoms with Gasteiger partial charge in [0.1, 0.15) is 6.04 Å². The third-order valence-corrected chi connectivity index (χ3v) is 3.36. The summed E-state index contributed by atoms with van der Waals surface area (Å²) in [5.41, 5.74) is 2.51. The van der Waals surface area contributed by atoms with Crippen molar-refractivity contribution in [3.05, 3.63) is 35.4 Å². The fourth-order valence-electron chi connectivity index (χ4n) is 2.39. The SMILES string of the molecule is Cc1ccccc1CC1CCN[C@@H]1C(=O)O. The second kappa shape index (κ2) is 4.66. The van der Waals surface area contributed by atoms with Gasteiger partial charge in [-0.15, -0.1) is 0 Å². The zero-order chi connectivity index (χ0) is 11.5. The van der Waals surface area contributed by atoms with Crippen molar-refractivity contribution in [3.63, 3.8) is 0 Å². The highest BCUT2D eigenvalue weighted by atomic mass is 16.4. The summed E-state index contributed by atoms with van der Waals surface area (Å²) in [4.78, 5) is 11.0. The number of rotatable bonds is 3. The molecule has 86 valence electrons. The van der Waals surface area contributed by atoms with Gasteiger partial charge >= 0.3 is 5.97 Å². The minimum absolute atomic E-state index is 0.221. The predicted octanol–water partition coefficient (Wildman–Crippen LogP) is 1.60. The second-order valence-corrected chi connectivity index (χ2v) is 4.45. The molecule has 3 heteroatoms. The Kier molecular flexibility index (Phi) is 3.25. The maximum absolute atomic E-state index is 11.0. The molecule has 3 nitrogen and oxygen atoms in total. The Labute approximate surface area is 95.5 Å². The van der Waals surface area contributed by atoms with E-state index in [0.29, 0.717) is 0 Å². The fourth-order valence-corrected chi connectivity index (χ4v) is 2.39. The second-order valence-electron chi connectivity index (χ2n) is 4.45. The molecule has 1 heterocycles. The monoisotopic (exact) mass is 219 g/mol. The number of aryl methyl sites for hydroxylation is 1. The van der Waals surface area contributed by atoms with Crippen LogP contribution in [0.5, 0.6) is 0 Å². The van der Waals surface area contributed by atoms with Gasteiger partial charge in [-0.2, -0.15) is 0 Å². The summed E-state index contributed by atoms with van der Waals surface area (Å²) in [5.74, 6) is -0.505. The normalized spacial score (nSPS) is 24.6. The van der Waals surface area contributed by atoms with E-state index >= 15 is 0 Å². The maximum atomic E-state index is 11.0. The van der Waals surface area contributed by atoms with Crippen molar-refractivity contribution in [2.24, 2.45) is 5.92 Å². The van der Waals surface area contributed by atoms with Gasteiger partial charge in [0.2, 0.25) is 0 Å². The minimum atomic E-state index is -0.726. The first-order valence-corrected chi connectivity index (χ1v) is 5.69. The highest BCUT2D eigenvalue weighted by Gasteiger charge is 2.32. The van der Waals surface area contributed by atoms with Crippen LogP contribution in [0.3, 0.4) is 0 Å². The molecule has 0 aromatic heterocycles. The number of benzene rings is 1. The number of hydrogen-bond donors (Lipinski definition) is 2. The molecule has 0 aliphatic carbocycles. The minimum Gasteiger partial charge on any atom is -0.480 e. The number of aliphatic carboxylic acids is 1. The standard InChI is InChI=1S/C13H17NO2/c1-9-4-2-3-5-10(9)8-11-6-7-14-12(11)13(15)16/h2-5,11-12,14H,6-8H2,1H3,(H,15,16)/t11?,12-/m0/s1. The molecule has 0 bridgehead atoms. The van der Waals surface area contributed by atoms with Crippen molar-refractivity contribution in [3.8, 4) is 0 Å². The summed E-state index contributed by atoms with van der Waals surface area (Å²) in [6.45, 7) is 2.89. The zero-order valence-corrected chi connectivity index (χ0v) is 9.44. The van der Waals surface area contributed by atoms with Crippen LogP contribution in [0.1, 0.15) is 17.5 Å². The number of hydrogen-bond acceptors (Lipinski definition) is 2. The van der Waals surface area contributed by atoms with E-state index in [4.69, 9.17) is 5.11 Å². The summed E-state index contributed by atoms with van der Waals surface area (Å²) < 4.78 is 0. The van der Waals surface area contributed by atoms with E-state index in [-0.39, 0.29) is 12.0 Å². The molecule has 1 aromatic rings.